The fourth-order valence-corrected chi connectivity index (χ4v) is 3.36. The molecule has 0 amide bonds. The van der Waals surface area contributed by atoms with Crippen LogP contribution < -0.4 is 4.74 Å². The van der Waals surface area contributed by atoms with Crippen LogP contribution in [-0.2, 0) is 0 Å². The molecule has 0 saturated carbocycles. The lowest BCUT2D eigenvalue weighted by atomic mass is 10.2. The summed E-state index contributed by atoms with van der Waals surface area (Å²) in [6, 6.07) is 11.4. The van der Waals surface area contributed by atoms with Crippen molar-refractivity contribution in [2.24, 2.45) is 0 Å². The molecule has 5 heteroatoms. The van der Waals surface area contributed by atoms with Crippen molar-refractivity contribution in [2.45, 2.75) is 0 Å². The molecule has 2 aromatic heterocycles. The maximum Gasteiger partial charge on any atom is 0.211 e. The number of rotatable bonds is 4. The van der Waals surface area contributed by atoms with Crippen LogP contribution in [0, 0.1) is 0 Å². The first kappa shape index (κ1) is 13.3. The normalized spacial score (nSPS) is 10.7. The second kappa shape index (κ2) is 5.73. The zero-order valence-corrected chi connectivity index (χ0v) is 12.8. The Hall–Kier alpha value is -1.72. The van der Waals surface area contributed by atoms with Crippen molar-refractivity contribution in [3.05, 3.63) is 57.3 Å². The molecule has 3 rings (SSSR count). The molecule has 100 valence electrons. The van der Waals surface area contributed by atoms with Crippen LogP contribution in [0.3, 0.4) is 0 Å². The minimum atomic E-state index is -0.0343. The first-order valence-corrected chi connectivity index (χ1v) is 7.65. The Bertz CT molecular complexity index is 769. The van der Waals surface area contributed by atoms with Crippen LogP contribution in [-0.4, -0.2) is 17.4 Å². The zero-order chi connectivity index (χ0) is 13.9. The number of hydrogen-bond acceptors (Lipinski definition) is 4. The quantitative estimate of drug-likeness (QED) is 0.659. The summed E-state index contributed by atoms with van der Waals surface area (Å²) in [4.78, 5) is 17.0. The molecule has 0 N–H and O–H groups in total. The highest BCUT2D eigenvalue weighted by Gasteiger charge is 2.12. The summed E-state index contributed by atoms with van der Waals surface area (Å²) in [5.41, 5.74) is 0.856. The molecular formula is C15H10BrNO2S. The fraction of sp³-hybridized carbons (Fsp3) is 0.0667. The smallest absolute Gasteiger partial charge is 0.211 e. The number of benzene rings is 1. The number of pyridine rings is 1. The van der Waals surface area contributed by atoms with E-state index in [4.69, 9.17) is 4.74 Å². The van der Waals surface area contributed by atoms with E-state index in [1.807, 2.05) is 41.8 Å². The predicted octanol–water partition coefficient (Wildman–Crippen LogP) is 4.32. The molecule has 0 bridgehead atoms. The van der Waals surface area contributed by atoms with Gasteiger partial charge in [-0.2, -0.15) is 0 Å². The Kier molecular flexibility index (Phi) is 3.80. The van der Waals surface area contributed by atoms with Crippen molar-refractivity contribution < 1.29 is 9.53 Å². The topological polar surface area (TPSA) is 39.2 Å². The van der Waals surface area contributed by atoms with Gasteiger partial charge in [-0.3, -0.25) is 9.78 Å². The van der Waals surface area contributed by atoms with Gasteiger partial charge in [0.2, 0.25) is 5.78 Å². The van der Waals surface area contributed by atoms with E-state index < -0.39 is 0 Å². The predicted molar refractivity (Wildman–Crippen MR) is 83.6 cm³/mol. The number of thiophene rings is 1. The van der Waals surface area contributed by atoms with Crippen LogP contribution in [0.2, 0.25) is 0 Å². The third-order valence-corrected chi connectivity index (χ3v) is 4.70. The van der Waals surface area contributed by atoms with Gasteiger partial charge < -0.3 is 4.74 Å². The first-order chi connectivity index (χ1) is 9.74. The van der Waals surface area contributed by atoms with Gasteiger partial charge in [-0.25, -0.2) is 0 Å². The number of nitrogens with zero attached hydrogens (tertiary/aromatic N) is 1. The van der Waals surface area contributed by atoms with Gasteiger partial charge in [0.05, 0.1) is 10.4 Å². The van der Waals surface area contributed by atoms with Crippen molar-refractivity contribution in [3.63, 3.8) is 0 Å². The number of Topliss-reactive ketones (excluding diaryl/α,β-unsaturated/α-hetero) is 1. The summed E-state index contributed by atoms with van der Waals surface area (Å²) >= 11 is 4.76. The van der Waals surface area contributed by atoms with E-state index in [1.54, 1.807) is 6.20 Å². The van der Waals surface area contributed by atoms with Crippen LogP contribution >= 0.6 is 27.3 Å². The molecule has 0 fully saturated rings. The summed E-state index contributed by atoms with van der Waals surface area (Å²) in [6.45, 7) is 0.0253. The molecule has 2 heterocycles. The largest absolute Gasteiger partial charge is 0.485 e. The Morgan fingerprint density at radius 1 is 1.30 bits per heavy atom. The molecule has 0 spiro atoms. The third kappa shape index (κ3) is 2.73. The second-order valence-electron chi connectivity index (χ2n) is 4.17. The highest BCUT2D eigenvalue weighted by atomic mass is 79.9. The van der Waals surface area contributed by atoms with Gasteiger partial charge in [-0.15, -0.1) is 11.3 Å². The van der Waals surface area contributed by atoms with E-state index in [2.05, 4.69) is 20.9 Å². The minimum absolute atomic E-state index is 0.0253. The Morgan fingerprint density at radius 3 is 3.00 bits per heavy atom. The van der Waals surface area contributed by atoms with E-state index in [1.165, 1.54) is 11.3 Å². The lowest BCUT2D eigenvalue weighted by Gasteiger charge is -2.06. The van der Waals surface area contributed by atoms with Crippen molar-refractivity contribution in [1.82, 2.24) is 4.98 Å². The third-order valence-electron chi connectivity index (χ3n) is 2.82. The number of halogens is 1. The van der Waals surface area contributed by atoms with Crippen molar-refractivity contribution in [1.29, 1.82) is 0 Å². The van der Waals surface area contributed by atoms with E-state index in [-0.39, 0.29) is 12.4 Å². The molecular weight excluding hydrogens is 338 g/mol. The molecule has 0 unspecified atom stereocenters. The summed E-state index contributed by atoms with van der Waals surface area (Å²) in [5, 5.41) is 2.92. The van der Waals surface area contributed by atoms with Gasteiger partial charge in [0, 0.05) is 22.1 Å². The maximum atomic E-state index is 12.0. The molecule has 3 nitrogen and oxygen atoms in total. The molecule has 20 heavy (non-hydrogen) atoms. The number of carbonyl (C=O) groups is 1. The second-order valence-corrected chi connectivity index (χ2v) is 5.94. The summed E-state index contributed by atoms with van der Waals surface area (Å²) in [7, 11) is 0. The Balaban J connectivity index is 1.74. The summed E-state index contributed by atoms with van der Waals surface area (Å²) in [5.74, 6) is 0.616. The molecule has 0 aliphatic heterocycles. The van der Waals surface area contributed by atoms with Crippen LogP contribution in [0.25, 0.3) is 10.9 Å². The monoisotopic (exact) mass is 347 g/mol. The van der Waals surface area contributed by atoms with Gasteiger partial charge in [0.25, 0.3) is 0 Å². The molecule has 0 atom stereocenters. The Labute approximate surface area is 128 Å². The number of ketones is 1. The lowest BCUT2D eigenvalue weighted by molar-refractivity contribution is 0.0925. The number of hydrogen-bond donors (Lipinski definition) is 0. The number of carbonyl (C=O) groups excluding carboxylic acids is 1. The fourth-order valence-electron chi connectivity index (χ4n) is 1.84. The average Bonchev–Trinajstić information content (AvgIpc) is 2.91. The van der Waals surface area contributed by atoms with Gasteiger partial charge >= 0.3 is 0 Å². The van der Waals surface area contributed by atoms with E-state index >= 15 is 0 Å². The number of aromatic nitrogens is 1. The standard InChI is InChI=1S/C15H10BrNO2S/c16-12-5-7-20-15(12)14(18)9-19-11-4-3-10-2-1-6-17-13(10)8-11/h1-8H,9H2. The minimum Gasteiger partial charge on any atom is -0.485 e. The summed E-state index contributed by atoms with van der Waals surface area (Å²) < 4.78 is 6.37. The van der Waals surface area contributed by atoms with Gasteiger partial charge in [0.1, 0.15) is 5.75 Å². The van der Waals surface area contributed by atoms with Crippen LogP contribution in [0.5, 0.6) is 5.75 Å². The maximum absolute atomic E-state index is 12.0. The van der Waals surface area contributed by atoms with E-state index in [9.17, 15) is 4.79 Å². The van der Waals surface area contributed by atoms with Gasteiger partial charge in [-0.1, -0.05) is 6.07 Å². The first-order valence-electron chi connectivity index (χ1n) is 5.98. The number of ether oxygens (including phenoxy) is 1. The van der Waals surface area contributed by atoms with Crippen molar-refractivity contribution >= 4 is 44.0 Å². The molecule has 1 aromatic carbocycles. The molecule has 0 saturated heterocycles. The highest BCUT2D eigenvalue weighted by molar-refractivity contribution is 9.10. The molecule has 3 aromatic rings. The average molecular weight is 348 g/mol. The number of fused-ring (bicyclic) bond motifs is 1. The van der Waals surface area contributed by atoms with Gasteiger partial charge in [0.15, 0.2) is 6.61 Å². The van der Waals surface area contributed by atoms with Crippen LogP contribution in [0.4, 0.5) is 0 Å². The van der Waals surface area contributed by atoms with Crippen molar-refractivity contribution in [3.8, 4) is 5.75 Å². The van der Waals surface area contributed by atoms with Gasteiger partial charge in [-0.05, 0) is 45.6 Å². The molecule has 0 radical (unpaired) electrons. The van der Waals surface area contributed by atoms with Crippen LogP contribution in [0.15, 0.2) is 52.4 Å². The lowest BCUT2D eigenvalue weighted by Crippen LogP contribution is -2.10. The zero-order valence-electron chi connectivity index (χ0n) is 10.4. The molecule has 0 aliphatic carbocycles. The summed E-state index contributed by atoms with van der Waals surface area (Å²) in [6.07, 6.45) is 1.74. The van der Waals surface area contributed by atoms with Crippen molar-refractivity contribution in [2.75, 3.05) is 6.61 Å². The van der Waals surface area contributed by atoms with Crippen LogP contribution in [0.1, 0.15) is 9.67 Å². The van der Waals surface area contributed by atoms with E-state index in [0.717, 1.165) is 15.4 Å². The Morgan fingerprint density at radius 2 is 2.20 bits per heavy atom. The van der Waals surface area contributed by atoms with E-state index in [0.29, 0.717) is 10.6 Å². The molecule has 0 aliphatic rings. The highest BCUT2D eigenvalue weighted by Crippen LogP contribution is 2.24. The SMILES string of the molecule is O=C(COc1ccc2cccnc2c1)c1sccc1Br.